The summed E-state index contributed by atoms with van der Waals surface area (Å²) in [6, 6.07) is 12.8. The molecule has 0 bridgehead atoms. The van der Waals surface area contributed by atoms with Gasteiger partial charge in [0, 0.05) is 6.42 Å². The molecule has 31 heavy (non-hydrogen) atoms. The summed E-state index contributed by atoms with van der Waals surface area (Å²) in [4.78, 5) is 0.135. The van der Waals surface area contributed by atoms with Gasteiger partial charge >= 0.3 is 0 Å². The molecule has 2 aromatic carbocycles. The van der Waals surface area contributed by atoms with Crippen molar-refractivity contribution >= 4 is 20.2 Å². The zero-order chi connectivity index (χ0) is 23.4. The number of hydrogen-bond donors (Lipinski definition) is 0. The second-order valence-electron chi connectivity index (χ2n) is 8.53. The summed E-state index contributed by atoms with van der Waals surface area (Å²) in [5, 5.41) is 0. The maximum Gasteiger partial charge on any atom is 0.297 e. The standard InChI is InChI=1S/C23H32O6S2/c1-16(2)22(28-30(24,25)20-11-7-18(5)8-12-20)15-23(17(3)4)29-31(26,27)21-13-9-19(6)10-14-21/h7-14,16-17,22-23H,15H2,1-6H3. The van der Waals surface area contributed by atoms with Crippen molar-refractivity contribution in [2.24, 2.45) is 11.8 Å². The zero-order valence-electron chi connectivity index (χ0n) is 18.9. The van der Waals surface area contributed by atoms with Crippen LogP contribution in [0.25, 0.3) is 0 Å². The van der Waals surface area contributed by atoms with Crippen LogP contribution in [0, 0.1) is 25.7 Å². The van der Waals surface area contributed by atoms with Gasteiger partial charge in [0.05, 0.1) is 22.0 Å². The van der Waals surface area contributed by atoms with E-state index in [4.69, 9.17) is 8.37 Å². The maximum absolute atomic E-state index is 12.8. The van der Waals surface area contributed by atoms with Crippen molar-refractivity contribution < 1.29 is 25.2 Å². The maximum atomic E-state index is 12.8. The topological polar surface area (TPSA) is 86.7 Å². The Kier molecular flexibility index (Phi) is 8.44. The molecule has 2 rings (SSSR count). The average molecular weight is 469 g/mol. The van der Waals surface area contributed by atoms with Crippen molar-refractivity contribution in [2.75, 3.05) is 0 Å². The molecule has 0 aromatic heterocycles. The summed E-state index contributed by atoms with van der Waals surface area (Å²) in [6.07, 6.45) is -1.37. The SMILES string of the molecule is Cc1ccc(S(=O)(=O)OC(CC(OS(=O)(=O)c2ccc(C)cc2)C(C)C)C(C)C)cc1. The van der Waals surface area contributed by atoms with E-state index < -0.39 is 32.4 Å². The van der Waals surface area contributed by atoms with Gasteiger partial charge in [-0.15, -0.1) is 0 Å². The molecule has 0 aliphatic rings. The summed E-state index contributed by atoms with van der Waals surface area (Å²) in [7, 11) is -8.00. The highest BCUT2D eigenvalue weighted by Gasteiger charge is 2.32. The Morgan fingerprint density at radius 2 is 0.903 bits per heavy atom. The van der Waals surface area contributed by atoms with E-state index in [-0.39, 0.29) is 28.0 Å². The fourth-order valence-corrected chi connectivity index (χ4v) is 5.33. The summed E-state index contributed by atoms with van der Waals surface area (Å²) in [5.74, 6) is -0.348. The lowest BCUT2D eigenvalue weighted by atomic mass is 9.95. The smallest absolute Gasteiger partial charge is 0.263 e. The van der Waals surface area contributed by atoms with Gasteiger partial charge in [-0.2, -0.15) is 16.8 Å². The summed E-state index contributed by atoms with van der Waals surface area (Å²) in [5.41, 5.74) is 1.88. The molecule has 2 atom stereocenters. The fraction of sp³-hybridized carbons (Fsp3) is 0.478. The van der Waals surface area contributed by atoms with Crippen molar-refractivity contribution in [1.82, 2.24) is 0 Å². The van der Waals surface area contributed by atoms with Crippen LogP contribution in [0.5, 0.6) is 0 Å². The van der Waals surface area contributed by atoms with Crippen LogP contribution in [-0.4, -0.2) is 29.0 Å². The molecule has 0 heterocycles. The van der Waals surface area contributed by atoms with Crippen LogP contribution in [0.15, 0.2) is 58.3 Å². The lowest BCUT2D eigenvalue weighted by molar-refractivity contribution is 0.0675. The molecule has 0 amide bonds. The minimum Gasteiger partial charge on any atom is -0.263 e. The third kappa shape index (κ3) is 7.14. The molecule has 0 N–H and O–H groups in total. The first-order valence-corrected chi connectivity index (χ1v) is 13.1. The van der Waals surface area contributed by atoms with Crippen molar-refractivity contribution in [2.45, 2.75) is 70.0 Å². The van der Waals surface area contributed by atoms with E-state index in [0.29, 0.717) is 0 Å². The van der Waals surface area contributed by atoms with Gasteiger partial charge in [0.25, 0.3) is 20.2 Å². The largest absolute Gasteiger partial charge is 0.297 e. The van der Waals surface area contributed by atoms with Crippen molar-refractivity contribution in [3.63, 3.8) is 0 Å². The molecule has 0 saturated carbocycles. The molecule has 0 saturated heterocycles. The summed E-state index contributed by atoms with van der Waals surface area (Å²) in [6.45, 7) is 11.1. The van der Waals surface area contributed by atoms with E-state index >= 15 is 0 Å². The highest BCUT2D eigenvalue weighted by atomic mass is 32.2. The van der Waals surface area contributed by atoms with Crippen LogP contribution < -0.4 is 0 Å². The highest BCUT2D eigenvalue weighted by Crippen LogP contribution is 2.27. The third-order valence-corrected chi connectivity index (χ3v) is 7.77. The molecule has 0 aliphatic heterocycles. The monoisotopic (exact) mass is 468 g/mol. The van der Waals surface area contributed by atoms with Gasteiger partial charge in [-0.3, -0.25) is 8.37 Å². The minimum atomic E-state index is -4.00. The lowest BCUT2D eigenvalue weighted by Gasteiger charge is -2.28. The van der Waals surface area contributed by atoms with E-state index in [1.54, 1.807) is 24.3 Å². The van der Waals surface area contributed by atoms with E-state index in [1.807, 2.05) is 41.5 Å². The van der Waals surface area contributed by atoms with Gasteiger partial charge in [0.1, 0.15) is 0 Å². The molecule has 6 nitrogen and oxygen atoms in total. The zero-order valence-corrected chi connectivity index (χ0v) is 20.5. The first-order valence-electron chi connectivity index (χ1n) is 10.3. The quantitative estimate of drug-likeness (QED) is 0.463. The van der Waals surface area contributed by atoms with Gasteiger partial charge in [0.2, 0.25) is 0 Å². The van der Waals surface area contributed by atoms with Crippen LogP contribution in [0.1, 0.15) is 45.2 Å². The normalized spacial score (nSPS) is 14.7. The number of hydrogen-bond acceptors (Lipinski definition) is 6. The van der Waals surface area contributed by atoms with Crippen molar-refractivity contribution in [3.05, 3.63) is 59.7 Å². The van der Waals surface area contributed by atoms with Crippen LogP contribution >= 0.6 is 0 Å². The Balaban J connectivity index is 2.23. The van der Waals surface area contributed by atoms with Crippen LogP contribution in [0.4, 0.5) is 0 Å². The first-order chi connectivity index (χ1) is 14.3. The number of rotatable bonds is 10. The molecule has 172 valence electrons. The minimum absolute atomic E-state index is 0.0676. The Morgan fingerprint density at radius 3 is 1.16 bits per heavy atom. The van der Waals surface area contributed by atoms with Gasteiger partial charge < -0.3 is 0 Å². The van der Waals surface area contributed by atoms with Gasteiger partial charge in [0.15, 0.2) is 0 Å². The Hall–Kier alpha value is -1.74. The van der Waals surface area contributed by atoms with Crippen molar-refractivity contribution in [3.8, 4) is 0 Å². The van der Waals surface area contributed by atoms with E-state index in [9.17, 15) is 16.8 Å². The predicted octanol–water partition coefficient (Wildman–Crippen LogP) is 4.85. The highest BCUT2D eigenvalue weighted by molar-refractivity contribution is 7.87. The van der Waals surface area contributed by atoms with Crippen LogP contribution in [-0.2, 0) is 28.6 Å². The Bertz CT molecular complexity index is 967. The molecule has 0 fully saturated rings. The van der Waals surface area contributed by atoms with E-state index in [2.05, 4.69) is 0 Å². The second kappa shape index (κ2) is 10.3. The van der Waals surface area contributed by atoms with E-state index in [0.717, 1.165) is 11.1 Å². The molecule has 2 unspecified atom stereocenters. The van der Waals surface area contributed by atoms with E-state index in [1.165, 1.54) is 24.3 Å². The average Bonchev–Trinajstić information content (AvgIpc) is 2.67. The summed E-state index contributed by atoms with van der Waals surface area (Å²) >= 11 is 0. The lowest BCUT2D eigenvalue weighted by Crippen LogP contribution is -2.33. The molecular formula is C23H32O6S2. The molecule has 0 aliphatic carbocycles. The molecule has 8 heteroatoms. The molecule has 0 radical (unpaired) electrons. The molecular weight excluding hydrogens is 436 g/mol. The summed E-state index contributed by atoms with van der Waals surface area (Å²) < 4.78 is 62.1. The first kappa shape index (κ1) is 25.5. The van der Waals surface area contributed by atoms with Gasteiger partial charge in [-0.1, -0.05) is 63.1 Å². The molecule has 2 aromatic rings. The van der Waals surface area contributed by atoms with Gasteiger partial charge in [-0.25, -0.2) is 0 Å². The van der Waals surface area contributed by atoms with Crippen LogP contribution in [0.3, 0.4) is 0 Å². The fourth-order valence-electron chi connectivity index (χ4n) is 2.92. The third-order valence-electron chi connectivity index (χ3n) is 5.07. The second-order valence-corrected chi connectivity index (χ2v) is 11.7. The Labute approximate surface area is 186 Å². The Morgan fingerprint density at radius 1 is 0.613 bits per heavy atom. The number of benzene rings is 2. The van der Waals surface area contributed by atoms with Crippen molar-refractivity contribution in [1.29, 1.82) is 0 Å². The predicted molar refractivity (Wildman–Crippen MR) is 121 cm³/mol. The van der Waals surface area contributed by atoms with Crippen LogP contribution in [0.2, 0.25) is 0 Å². The molecule has 0 spiro atoms. The number of aryl methyl sites for hydroxylation is 2. The van der Waals surface area contributed by atoms with Gasteiger partial charge in [-0.05, 0) is 49.9 Å².